The zero-order valence-electron chi connectivity index (χ0n) is 15.3. The van der Waals surface area contributed by atoms with E-state index in [1.807, 2.05) is 0 Å². The number of hydrogen-bond donors (Lipinski definition) is 1. The van der Waals surface area contributed by atoms with Crippen LogP contribution in [0, 0.1) is 5.92 Å². The number of aromatic nitrogens is 2. The number of hydrogen-bond acceptors (Lipinski definition) is 8. The maximum absolute atomic E-state index is 12.9. The molecule has 0 radical (unpaired) electrons. The third-order valence-corrected chi connectivity index (χ3v) is 6.56. The summed E-state index contributed by atoms with van der Waals surface area (Å²) in [6, 6.07) is 2.80. The zero-order valence-corrected chi connectivity index (χ0v) is 17.0. The van der Waals surface area contributed by atoms with E-state index in [1.54, 1.807) is 17.6 Å². The van der Waals surface area contributed by atoms with Crippen molar-refractivity contribution in [2.24, 2.45) is 5.92 Å². The van der Waals surface area contributed by atoms with E-state index in [0.29, 0.717) is 23.0 Å². The lowest BCUT2D eigenvalue weighted by Crippen LogP contribution is -2.23. The maximum Gasteiger partial charge on any atom is 0.359 e. The first kappa shape index (κ1) is 20.4. The van der Waals surface area contributed by atoms with Gasteiger partial charge >= 0.3 is 16.1 Å². The fraction of sp³-hybridized carbons (Fsp3) is 0.444. The fourth-order valence-corrected chi connectivity index (χ4v) is 4.74. The lowest BCUT2D eigenvalue weighted by Gasteiger charge is -2.20. The lowest BCUT2D eigenvalue weighted by atomic mass is 9.88. The summed E-state index contributed by atoms with van der Waals surface area (Å²) in [7, 11) is -4.26. The highest BCUT2D eigenvalue weighted by atomic mass is 32.2. The molecule has 1 unspecified atom stereocenters. The number of anilines is 1. The van der Waals surface area contributed by atoms with E-state index in [0.717, 1.165) is 32.6 Å². The van der Waals surface area contributed by atoms with Gasteiger partial charge in [0.1, 0.15) is 0 Å². The second-order valence-corrected chi connectivity index (χ2v) is 9.11. The summed E-state index contributed by atoms with van der Waals surface area (Å²) >= 11 is 1.33. The van der Waals surface area contributed by atoms with Crippen LogP contribution in [0.1, 0.15) is 50.5 Å². The highest BCUT2D eigenvalue weighted by molar-refractivity contribution is 7.87. The normalized spacial score (nSPS) is 15.9. The van der Waals surface area contributed by atoms with E-state index in [-0.39, 0.29) is 10.9 Å². The van der Waals surface area contributed by atoms with Gasteiger partial charge in [-0.3, -0.25) is 9.59 Å². The summed E-state index contributed by atoms with van der Waals surface area (Å²) in [5.41, 5.74) is 0.614. The molecule has 1 saturated carbocycles. The van der Waals surface area contributed by atoms with E-state index in [1.165, 1.54) is 23.6 Å². The predicted molar refractivity (Wildman–Crippen MR) is 103 cm³/mol. The molecule has 1 aliphatic rings. The third-order valence-electron chi connectivity index (χ3n) is 4.67. The Morgan fingerprint density at radius 3 is 2.61 bits per heavy atom. The third kappa shape index (κ3) is 5.14. The maximum atomic E-state index is 12.9. The van der Waals surface area contributed by atoms with Gasteiger partial charge in [-0.1, -0.05) is 31.7 Å². The molecule has 0 bridgehead atoms. The van der Waals surface area contributed by atoms with Crippen LogP contribution in [-0.4, -0.2) is 30.3 Å². The summed E-state index contributed by atoms with van der Waals surface area (Å²) in [4.78, 5) is 31.8. The fourth-order valence-electron chi connectivity index (χ4n) is 3.39. The molecule has 1 fully saturated rings. The highest BCUT2D eigenvalue weighted by Crippen LogP contribution is 2.35. The van der Waals surface area contributed by atoms with Gasteiger partial charge in [-0.2, -0.15) is 8.42 Å². The molecule has 1 N–H and O–H groups in total. The largest absolute Gasteiger partial charge is 0.359 e. The SMILES string of the molecule is CC(=O)OS(=O)(=O)c1ccc(C(CC2CCCC2)C(=O)Nc2nccs2)cn1. The Balaban J connectivity index is 1.82. The Hall–Kier alpha value is -2.33. The number of nitrogens with one attached hydrogen (secondary N) is 1. The molecule has 10 heteroatoms. The van der Waals surface area contributed by atoms with Gasteiger partial charge < -0.3 is 9.50 Å². The molecule has 2 heterocycles. The van der Waals surface area contributed by atoms with Crippen molar-refractivity contribution in [2.75, 3.05) is 5.32 Å². The summed E-state index contributed by atoms with van der Waals surface area (Å²) in [5, 5.41) is 4.74. The molecular weight excluding hydrogens is 402 g/mol. The van der Waals surface area contributed by atoms with Crippen LogP contribution in [0.15, 0.2) is 34.9 Å². The number of carbonyl (C=O) groups is 2. The Labute approximate surface area is 167 Å². The molecule has 3 rings (SSSR count). The molecule has 1 amide bonds. The van der Waals surface area contributed by atoms with Gasteiger partial charge in [0.05, 0.1) is 5.92 Å². The van der Waals surface area contributed by atoms with Crippen LogP contribution in [0.5, 0.6) is 0 Å². The standard InChI is InChI=1S/C18H21N3O5S2/c1-12(22)26-28(24,25)16-7-6-14(11-20-16)15(10-13-4-2-3-5-13)17(23)21-18-19-8-9-27-18/h6-9,11,13,15H,2-5,10H2,1H3,(H,19,21,23). The van der Waals surface area contributed by atoms with Gasteiger partial charge in [-0.25, -0.2) is 9.97 Å². The Morgan fingerprint density at radius 2 is 2.04 bits per heavy atom. The Morgan fingerprint density at radius 1 is 1.29 bits per heavy atom. The van der Waals surface area contributed by atoms with Crippen LogP contribution in [0.25, 0.3) is 0 Å². The Bertz CT molecular complexity index is 921. The summed E-state index contributed by atoms with van der Waals surface area (Å²) < 4.78 is 28.2. The van der Waals surface area contributed by atoms with Gasteiger partial charge in [0.2, 0.25) is 5.91 Å². The second-order valence-electron chi connectivity index (χ2n) is 6.72. The van der Waals surface area contributed by atoms with Crippen LogP contribution in [0.4, 0.5) is 5.13 Å². The number of amides is 1. The zero-order chi connectivity index (χ0) is 20.1. The average molecular weight is 424 g/mol. The molecule has 150 valence electrons. The van der Waals surface area contributed by atoms with Gasteiger partial charge in [0, 0.05) is 24.7 Å². The Kier molecular flexibility index (Phi) is 6.40. The van der Waals surface area contributed by atoms with E-state index in [9.17, 15) is 18.0 Å². The lowest BCUT2D eigenvalue weighted by molar-refractivity contribution is -0.131. The van der Waals surface area contributed by atoms with E-state index in [4.69, 9.17) is 0 Å². The molecule has 1 aliphatic carbocycles. The first-order valence-corrected chi connectivity index (χ1v) is 11.3. The van der Waals surface area contributed by atoms with Gasteiger partial charge in [0.15, 0.2) is 10.2 Å². The average Bonchev–Trinajstić information content (AvgIpc) is 3.32. The minimum Gasteiger partial charge on any atom is -0.341 e. The number of rotatable bonds is 7. The van der Waals surface area contributed by atoms with E-state index >= 15 is 0 Å². The minimum absolute atomic E-state index is 0.195. The van der Waals surface area contributed by atoms with Crippen molar-refractivity contribution in [1.29, 1.82) is 0 Å². The number of nitrogens with zero attached hydrogens (tertiary/aromatic N) is 2. The molecule has 0 aromatic carbocycles. The number of thiazole rings is 1. The van der Waals surface area contributed by atoms with Crippen LogP contribution in [0.3, 0.4) is 0 Å². The molecule has 0 aliphatic heterocycles. The van der Waals surface area contributed by atoms with Crippen molar-refractivity contribution < 1.29 is 22.2 Å². The smallest absolute Gasteiger partial charge is 0.341 e. The summed E-state index contributed by atoms with van der Waals surface area (Å²) in [6.07, 6.45) is 8.10. The summed E-state index contributed by atoms with van der Waals surface area (Å²) in [6.45, 7) is 1.01. The molecule has 8 nitrogen and oxygen atoms in total. The number of carbonyl (C=O) groups excluding carboxylic acids is 2. The van der Waals surface area contributed by atoms with E-state index in [2.05, 4.69) is 19.5 Å². The van der Waals surface area contributed by atoms with Crippen molar-refractivity contribution in [3.63, 3.8) is 0 Å². The molecule has 2 aromatic heterocycles. The number of pyridine rings is 1. The van der Waals surface area contributed by atoms with Crippen molar-refractivity contribution >= 4 is 38.5 Å². The van der Waals surface area contributed by atoms with Crippen molar-refractivity contribution in [3.05, 3.63) is 35.5 Å². The molecule has 0 saturated heterocycles. The second kappa shape index (κ2) is 8.78. The van der Waals surface area contributed by atoms with Crippen LogP contribution in [-0.2, 0) is 23.9 Å². The van der Waals surface area contributed by atoms with Gasteiger partial charge in [-0.15, -0.1) is 11.3 Å². The first-order valence-electron chi connectivity index (χ1n) is 8.96. The molecular formula is C18H21N3O5S2. The quantitative estimate of drug-likeness (QED) is 0.680. The molecule has 0 spiro atoms. The van der Waals surface area contributed by atoms with Crippen molar-refractivity contribution in [3.8, 4) is 0 Å². The van der Waals surface area contributed by atoms with Gasteiger partial charge in [0.25, 0.3) is 0 Å². The molecule has 2 aromatic rings. The monoisotopic (exact) mass is 423 g/mol. The highest BCUT2D eigenvalue weighted by Gasteiger charge is 2.28. The van der Waals surface area contributed by atoms with Crippen LogP contribution < -0.4 is 5.32 Å². The van der Waals surface area contributed by atoms with Crippen molar-refractivity contribution in [2.45, 2.75) is 50.0 Å². The molecule has 1 atom stereocenters. The van der Waals surface area contributed by atoms with Gasteiger partial charge in [-0.05, 0) is 24.0 Å². The van der Waals surface area contributed by atoms with Crippen LogP contribution in [0.2, 0.25) is 0 Å². The summed E-state index contributed by atoms with van der Waals surface area (Å²) in [5.74, 6) is -1.16. The first-order chi connectivity index (χ1) is 13.3. The van der Waals surface area contributed by atoms with E-state index < -0.39 is 22.0 Å². The predicted octanol–water partition coefficient (Wildman–Crippen LogP) is 3.09. The minimum atomic E-state index is -4.26. The van der Waals surface area contributed by atoms with Crippen LogP contribution >= 0.6 is 11.3 Å². The topological polar surface area (TPSA) is 115 Å². The van der Waals surface area contributed by atoms with Crippen molar-refractivity contribution in [1.82, 2.24) is 9.97 Å². The molecule has 28 heavy (non-hydrogen) atoms.